The zero-order valence-corrected chi connectivity index (χ0v) is 20.9. The minimum atomic E-state index is -0.962. The molecule has 0 bridgehead atoms. The summed E-state index contributed by atoms with van der Waals surface area (Å²) in [5, 5.41) is 19.7. The molecule has 0 saturated carbocycles. The number of rotatable bonds is 17. The molecule has 0 aromatic heterocycles. The summed E-state index contributed by atoms with van der Waals surface area (Å²) in [6.45, 7) is 11.8. The Hall–Kier alpha value is -0.650. The summed E-state index contributed by atoms with van der Waals surface area (Å²) in [5.74, 6) is 2.42. The molecule has 1 heterocycles. The van der Waals surface area contributed by atoms with Crippen molar-refractivity contribution < 1.29 is 24.5 Å². The molecule has 0 aromatic rings. The lowest BCUT2D eigenvalue weighted by Crippen LogP contribution is -2.38. The molecule has 1 rings (SSSR count). The predicted octanol–water partition coefficient (Wildman–Crippen LogP) is 5.51. The molecule has 4 unspecified atom stereocenters. The van der Waals surface area contributed by atoms with Crippen LogP contribution in [0.15, 0.2) is 0 Å². The lowest BCUT2D eigenvalue weighted by Gasteiger charge is -2.20. The molecule has 0 aromatic carbocycles. The van der Waals surface area contributed by atoms with Gasteiger partial charge in [0.1, 0.15) is 18.8 Å². The van der Waals surface area contributed by atoms with Crippen molar-refractivity contribution in [2.75, 3.05) is 13.2 Å². The Morgan fingerprint density at radius 1 is 0.903 bits per heavy atom. The summed E-state index contributed by atoms with van der Waals surface area (Å²) in [7, 11) is 0. The Bertz CT molecular complexity index is 467. The Labute approximate surface area is 191 Å². The lowest BCUT2D eigenvalue weighted by molar-refractivity contribution is -0.151. The molecule has 0 spiro atoms. The van der Waals surface area contributed by atoms with E-state index in [9.17, 15) is 15.0 Å². The van der Waals surface area contributed by atoms with Crippen molar-refractivity contribution in [1.82, 2.24) is 0 Å². The standard InChI is InChI=1S/C26H50O5/c1-19(2)9-6-10-20(3)11-7-12-21(4)13-8-14-22(5)17-25(29)31-18-24(28)26-23(27)15-16-30-26/h19-24,26-28H,6-18H2,1-5H3/t20?,21?,22?,23-,24-,26?/m1/s1. The van der Waals surface area contributed by atoms with E-state index in [1.54, 1.807) is 0 Å². The van der Waals surface area contributed by atoms with Crippen LogP contribution in [0.5, 0.6) is 0 Å². The predicted molar refractivity (Wildman–Crippen MR) is 126 cm³/mol. The van der Waals surface area contributed by atoms with Crippen molar-refractivity contribution in [2.45, 2.75) is 124 Å². The third kappa shape index (κ3) is 13.5. The van der Waals surface area contributed by atoms with Crippen molar-refractivity contribution in [3.05, 3.63) is 0 Å². The molecule has 1 fully saturated rings. The fraction of sp³-hybridized carbons (Fsp3) is 0.962. The molecule has 184 valence electrons. The summed E-state index contributed by atoms with van der Waals surface area (Å²) in [6.07, 6.45) is 10.1. The lowest BCUT2D eigenvalue weighted by atomic mass is 9.91. The number of hydrogen-bond acceptors (Lipinski definition) is 5. The SMILES string of the molecule is CC(C)CCCC(C)CCCC(C)CCCC(C)CC(=O)OC[C@@H](O)C1OCC[C@H]1O. The maximum absolute atomic E-state index is 12.0. The van der Waals surface area contributed by atoms with Gasteiger partial charge in [0.2, 0.25) is 0 Å². The average Bonchev–Trinajstić information content (AvgIpc) is 3.11. The molecule has 5 nitrogen and oxygen atoms in total. The van der Waals surface area contributed by atoms with Crippen LogP contribution >= 0.6 is 0 Å². The van der Waals surface area contributed by atoms with Gasteiger partial charge in [0.05, 0.1) is 6.10 Å². The van der Waals surface area contributed by atoms with Crippen molar-refractivity contribution in [2.24, 2.45) is 23.7 Å². The van der Waals surface area contributed by atoms with E-state index < -0.39 is 18.3 Å². The molecule has 31 heavy (non-hydrogen) atoms. The van der Waals surface area contributed by atoms with Crippen LogP contribution in [0.3, 0.4) is 0 Å². The zero-order valence-electron chi connectivity index (χ0n) is 20.9. The first-order chi connectivity index (χ1) is 14.7. The highest BCUT2D eigenvalue weighted by molar-refractivity contribution is 5.69. The van der Waals surface area contributed by atoms with Crippen LogP contribution < -0.4 is 0 Å². The summed E-state index contributed by atoms with van der Waals surface area (Å²) in [6, 6.07) is 0. The molecule has 5 heteroatoms. The average molecular weight is 443 g/mol. The maximum Gasteiger partial charge on any atom is 0.306 e. The third-order valence-electron chi connectivity index (χ3n) is 6.68. The molecule has 6 atom stereocenters. The number of carbonyl (C=O) groups is 1. The van der Waals surface area contributed by atoms with E-state index in [-0.39, 0.29) is 18.5 Å². The summed E-state index contributed by atoms with van der Waals surface area (Å²) in [4.78, 5) is 12.0. The summed E-state index contributed by atoms with van der Waals surface area (Å²) < 4.78 is 10.5. The smallest absolute Gasteiger partial charge is 0.306 e. The van der Waals surface area contributed by atoms with E-state index in [1.807, 2.05) is 0 Å². The number of hydrogen-bond donors (Lipinski definition) is 2. The van der Waals surface area contributed by atoms with Gasteiger partial charge in [0.25, 0.3) is 0 Å². The van der Waals surface area contributed by atoms with E-state index in [0.29, 0.717) is 19.4 Å². The van der Waals surface area contributed by atoms with Gasteiger partial charge in [-0.1, -0.05) is 92.4 Å². The van der Waals surface area contributed by atoms with Gasteiger partial charge < -0.3 is 19.7 Å². The number of aliphatic hydroxyl groups is 2. The molecule has 1 saturated heterocycles. The summed E-state index contributed by atoms with van der Waals surface area (Å²) in [5.41, 5.74) is 0. The first-order valence-corrected chi connectivity index (χ1v) is 12.8. The molecule has 2 N–H and O–H groups in total. The fourth-order valence-electron chi connectivity index (χ4n) is 4.48. The fourth-order valence-corrected chi connectivity index (χ4v) is 4.48. The van der Waals surface area contributed by atoms with Crippen LogP contribution in [-0.2, 0) is 14.3 Å². The van der Waals surface area contributed by atoms with Crippen molar-refractivity contribution in [1.29, 1.82) is 0 Å². The van der Waals surface area contributed by atoms with Gasteiger partial charge in [-0.3, -0.25) is 4.79 Å². The van der Waals surface area contributed by atoms with Crippen LogP contribution in [0, 0.1) is 23.7 Å². The normalized spacial score (nSPS) is 23.0. The number of carbonyl (C=O) groups excluding carboxylic acids is 1. The van der Waals surface area contributed by atoms with E-state index in [4.69, 9.17) is 9.47 Å². The number of ether oxygens (including phenoxy) is 2. The summed E-state index contributed by atoms with van der Waals surface area (Å²) >= 11 is 0. The highest BCUT2D eigenvalue weighted by Gasteiger charge is 2.33. The van der Waals surface area contributed by atoms with Crippen LogP contribution in [0.25, 0.3) is 0 Å². The Balaban J connectivity index is 2.04. The Morgan fingerprint density at radius 3 is 1.90 bits per heavy atom. The minimum absolute atomic E-state index is 0.111. The molecular formula is C26H50O5. The van der Waals surface area contributed by atoms with Gasteiger partial charge in [-0.2, -0.15) is 0 Å². The van der Waals surface area contributed by atoms with Gasteiger partial charge in [-0.15, -0.1) is 0 Å². The second-order valence-electron chi connectivity index (χ2n) is 10.6. The topological polar surface area (TPSA) is 76.0 Å². The molecule has 0 amide bonds. The van der Waals surface area contributed by atoms with Crippen molar-refractivity contribution in [3.8, 4) is 0 Å². The Morgan fingerprint density at radius 2 is 1.42 bits per heavy atom. The van der Waals surface area contributed by atoms with Crippen LogP contribution in [0.1, 0.15) is 105 Å². The molecule has 0 radical (unpaired) electrons. The van der Waals surface area contributed by atoms with E-state index in [2.05, 4.69) is 34.6 Å². The largest absolute Gasteiger partial charge is 0.463 e. The van der Waals surface area contributed by atoms with E-state index >= 15 is 0 Å². The van der Waals surface area contributed by atoms with Crippen LogP contribution in [0.4, 0.5) is 0 Å². The van der Waals surface area contributed by atoms with Gasteiger partial charge in [0.15, 0.2) is 0 Å². The first kappa shape index (κ1) is 28.4. The third-order valence-corrected chi connectivity index (χ3v) is 6.68. The van der Waals surface area contributed by atoms with Gasteiger partial charge in [-0.25, -0.2) is 0 Å². The first-order valence-electron chi connectivity index (χ1n) is 12.8. The number of aliphatic hydroxyl groups excluding tert-OH is 2. The van der Waals surface area contributed by atoms with Gasteiger partial charge >= 0.3 is 5.97 Å². The maximum atomic E-state index is 12.0. The molecule has 1 aliphatic heterocycles. The minimum Gasteiger partial charge on any atom is -0.463 e. The van der Waals surface area contributed by atoms with Crippen molar-refractivity contribution in [3.63, 3.8) is 0 Å². The van der Waals surface area contributed by atoms with Gasteiger partial charge in [-0.05, 0) is 30.1 Å². The highest BCUT2D eigenvalue weighted by Crippen LogP contribution is 2.23. The molecular weight excluding hydrogens is 392 g/mol. The Kier molecular flexibility index (Phi) is 14.7. The quantitative estimate of drug-likeness (QED) is 0.291. The van der Waals surface area contributed by atoms with Gasteiger partial charge in [0, 0.05) is 13.0 Å². The zero-order chi connectivity index (χ0) is 23.2. The monoisotopic (exact) mass is 442 g/mol. The van der Waals surface area contributed by atoms with Crippen LogP contribution in [0.2, 0.25) is 0 Å². The molecule has 1 aliphatic rings. The van der Waals surface area contributed by atoms with E-state index in [0.717, 1.165) is 30.6 Å². The van der Waals surface area contributed by atoms with E-state index in [1.165, 1.54) is 44.9 Å². The highest BCUT2D eigenvalue weighted by atomic mass is 16.6. The van der Waals surface area contributed by atoms with Crippen molar-refractivity contribution >= 4 is 5.97 Å². The number of esters is 1. The second kappa shape index (κ2) is 16.0. The van der Waals surface area contributed by atoms with Crippen LogP contribution in [-0.4, -0.2) is 47.7 Å². The second-order valence-corrected chi connectivity index (χ2v) is 10.6. The molecule has 0 aliphatic carbocycles.